The Morgan fingerprint density at radius 2 is 1.21 bits per heavy atom. The van der Waals surface area contributed by atoms with Crippen LogP contribution in [0.5, 0.6) is 0 Å². The third kappa shape index (κ3) is 9.58. The molecule has 0 aromatic heterocycles. The van der Waals surface area contributed by atoms with Gasteiger partial charge in [-0.2, -0.15) is 0 Å². The number of amides is 6. The highest BCUT2D eigenvalue weighted by Gasteiger charge is 2.23. The van der Waals surface area contributed by atoms with Gasteiger partial charge in [0, 0.05) is 34.7 Å². The largest absolute Gasteiger partial charge is 0.382 e. The van der Waals surface area contributed by atoms with E-state index in [9.17, 15) is 28.8 Å². The van der Waals surface area contributed by atoms with Crippen molar-refractivity contribution >= 4 is 35.4 Å². The Morgan fingerprint density at radius 1 is 0.788 bits per heavy atom. The Balaban J connectivity index is 3.00. The van der Waals surface area contributed by atoms with Gasteiger partial charge in [-0.25, -0.2) is 0 Å². The van der Waals surface area contributed by atoms with Crippen LogP contribution in [0, 0.1) is 0 Å². The summed E-state index contributed by atoms with van der Waals surface area (Å²) >= 11 is 0. The molecule has 1 aliphatic heterocycles. The zero-order chi connectivity index (χ0) is 25.1. The predicted octanol–water partition coefficient (Wildman–Crippen LogP) is -3.36. The first-order chi connectivity index (χ1) is 15.4. The topological polar surface area (TPSA) is 157 Å². The molecule has 1 aliphatic rings. The van der Waals surface area contributed by atoms with E-state index in [1.165, 1.54) is 49.1 Å². The molecule has 0 radical (unpaired) electrons. The van der Waals surface area contributed by atoms with Crippen molar-refractivity contribution in [3.63, 3.8) is 0 Å². The zero-order valence-corrected chi connectivity index (χ0v) is 19.6. The first-order valence-corrected chi connectivity index (χ1v) is 10.3. The second-order valence-electron chi connectivity index (χ2n) is 7.85. The maximum absolute atomic E-state index is 12.6. The fourth-order valence-corrected chi connectivity index (χ4v) is 2.78. The van der Waals surface area contributed by atoms with Crippen molar-refractivity contribution in [2.75, 3.05) is 74.0 Å². The number of hydrogen-bond donors (Lipinski definition) is 2. The number of carbonyl (C=O) groups is 6. The summed E-state index contributed by atoms with van der Waals surface area (Å²) in [5.41, 5.74) is 5.23. The van der Waals surface area contributed by atoms with E-state index >= 15 is 0 Å². The van der Waals surface area contributed by atoms with Crippen molar-refractivity contribution in [2.45, 2.75) is 6.42 Å². The van der Waals surface area contributed by atoms with Crippen LogP contribution in [0.2, 0.25) is 0 Å². The van der Waals surface area contributed by atoms with Crippen molar-refractivity contribution in [3.8, 4) is 0 Å². The van der Waals surface area contributed by atoms with Gasteiger partial charge in [-0.3, -0.25) is 28.8 Å². The Labute approximate surface area is 193 Å². The lowest BCUT2D eigenvalue weighted by molar-refractivity contribution is -0.145. The van der Waals surface area contributed by atoms with Gasteiger partial charge < -0.3 is 35.6 Å². The lowest BCUT2D eigenvalue weighted by Crippen LogP contribution is -2.49. The monoisotopic (exact) mass is 467 g/mol. The minimum absolute atomic E-state index is 0.0531. The van der Waals surface area contributed by atoms with E-state index < -0.39 is 29.5 Å². The molecule has 33 heavy (non-hydrogen) atoms. The zero-order valence-electron chi connectivity index (χ0n) is 19.6. The fourth-order valence-electron chi connectivity index (χ4n) is 2.78. The van der Waals surface area contributed by atoms with E-state index in [0.717, 1.165) is 9.80 Å². The van der Waals surface area contributed by atoms with Crippen LogP contribution in [0.3, 0.4) is 0 Å². The van der Waals surface area contributed by atoms with E-state index in [1.54, 1.807) is 6.08 Å². The van der Waals surface area contributed by atoms with Crippen molar-refractivity contribution in [1.29, 1.82) is 0 Å². The van der Waals surface area contributed by atoms with Crippen LogP contribution in [0.1, 0.15) is 6.42 Å². The number of primary amides is 1. The minimum atomic E-state index is -0.688. The number of hydrogen-bond acceptors (Lipinski definition) is 7. The van der Waals surface area contributed by atoms with Crippen LogP contribution >= 0.6 is 0 Å². The number of likely N-dealkylation sites (N-methyl/N-ethyl adjacent to an activating group) is 4. The third-order valence-corrected chi connectivity index (χ3v) is 4.95. The molecule has 0 spiro atoms. The van der Waals surface area contributed by atoms with Gasteiger partial charge in [0.2, 0.25) is 35.4 Å². The number of nitrogens with one attached hydrogen (secondary N) is 1. The lowest BCUT2D eigenvalue weighted by Gasteiger charge is -2.27. The highest BCUT2D eigenvalue weighted by Crippen LogP contribution is 2.00. The van der Waals surface area contributed by atoms with Crippen LogP contribution < -0.4 is 11.1 Å². The number of nitrogens with two attached hydrogens (primary N) is 1. The van der Waals surface area contributed by atoms with Crippen LogP contribution in [0.4, 0.5) is 0 Å². The summed E-state index contributed by atoms with van der Waals surface area (Å²) in [6.45, 7) is -1.26. The molecule has 1 rings (SSSR count). The Morgan fingerprint density at radius 3 is 1.67 bits per heavy atom. The Kier molecular flexibility index (Phi) is 10.8. The van der Waals surface area contributed by atoms with Crippen LogP contribution in [-0.2, 0) is 28.8 Å². The summed E-state index contributed by atoms with van der Waals surface area (Å²) in [4.78, 5) is 79.3. The van der Waals surface area contributed by atoms with E-state index in [1.807, 2.05) is 0 Å². The maximum atomic E-state index is 12.6. The van der Waals surface area contributed by atoms with Crippen LogP contribution in [-0.4, -0.2) is 134 Å². The smallest absolute Gasteiger partial charge is 0.242 e. The lowest BCUT2D eigenvalue weighted by atomic mass is 10.3. The molecular weight excluding hydrogens is 434 g/mol. The Bertz CT molecular complexity index is 800. The Hall–Kier alpha value is -3.64. The molecule has 1 heterocycles. The van der Waals surface area contributed by atoms with Crippen molar-refractivity contribution in [3.05, 3.63) is 12.3 Å². The summed E-state index contributed by atoms with van der Waals surface area (Å²) in [6, 6.07) is 0. The summed E-state index contributed by atoms with van der Waals surface area (Å²) < 4.78 is 0. The molecule has 6 amide bonds. The molecule has 13 nitrogen and oxygen atoms in total. The minimum Gasteiger partial charge on any atom is -0.382 e. The molecule has 0 saturated carbocycles. The predicted molar refractivity (Wildman–Crippen MR) is 118 cm³/mol. The van der Waals surface area contributed by atoms with E-state index in [-0.39, 0.29) is 51.7 Å². The van der Waals surface area contributed by atoms with Crippen LogP contribution in [0.25, 0.3) is 0 Å². The maximum Gasteiger partial charge on any atom is 0.242 e. The normalized spacial score (nSPS) is 20.1. The molecule has 184 valence electrons. The van der Waals surface area contributed by atoms with E-state index in [0.29, 0.717) is 6.42 Å². The quantitative estimate of drug-likeness (QED) is 0.429. The molecule has 0 fully saturated rings. The highest BCUT2D eigenvalue weighted by atomic mass is 16.2. The second-order valence-corrected chi connectivity index (χ2v) is 7.85. The third-order valence-electron chi connectivity index (χ3n) is 4.95. The van der Waals surface area contributed by atoms with Gasteiger partial charge in [0.15, 0.2) is 0 Å². The number of nitrogens with zero attached hydrogens (tertiary/aromatic N) is 5. The molecule has 0 bridgehead atoms. The first kappa shape index (κ1) is 27.4. The molecule has 3 N–H and O–H groups in total. The molecule has 0 saturated heterocycles. The average molecular weight is 468 g/mol. The summed E-state index contributed by atoms with van der Waals surface area (Å²) in [7, 11) is 5.73. The van der Waals surface area contributed by atoms with Gasteiger partial charge in [0.1, 0.15) is 0 Å². The highest BCUT2D eigenvalue weighted by molar-refractivity contribution is 5.91. The van der Waals surface area contributed by atoms with Crippen LogP contribution in [0.15, 0.2) is 12.3 Å². The van der Waals surface area contributed by atoms with Crippen molar-refractivity contribution in [2.24, 2.45) is 5.73 Å². The molecule has 0 unspecified atom stereocenters. The summed E-state index contributed by atoms with van der Waals surface area (Å²) in [5, 5.41) is 2.80. The van der Waals surface area contributed by atoms with E-state index in [4.69, 9.17) is 5.73 Å². The standard InChI is InChI=1S/C20H33N7O6/c1-23-11-17(30)24(2)12-18(31)25(3)13-19(32)26(4)14-20(33)27(10-15(21)28)8-6-5-7-22-9-16(23)29/h5,7,22H,6,8-14H2,1-4H3,(H2,21,28)/b7-5+. The molecule has 0 aliphatic carbocycles. The molecule has 0 aromatic carbocycles. The number of carbonyl (C=O) groups excluding carboxylic acids is 6. The van der Waals surface area contributed by atoms with Crippen molar-refractivity contribution < 1.29 is 28.8 Å². The van der Waals surface area contributed by atoms with Gasteiger partial charge in [-0.05, 0) is 12.6 Å². The second kappa shape index (κ2) is 13.0. The van der Waals surface area contributed by atoms with Gasteiger partial charge in [-0.15, -0.1) is 0 Å². The van der Waals surface area contributed by atoms with Gasteiger partial charge >= 0.3 is 0 Å². The fraction of sp³-hybridized carbons (Fsp3) is 0.600. The summed E-state index contributed by atoms with van der Waals surface area (Å²) in [5.74, 6) is -2.90. The molecule has 13 heteroatoms. The van der Waals surface area contributed by atoms with Crippen molar-refractivity contribution in [1.82, 2.24) is 29.8 Å². The molecule has 0 atom stereocenters. The summed E-state index contributed by atoms with van der Waals surface area (Å²) in [6.07, 6.45) is 3.59. The first-order valence-electron chi connectivity index (χ1n) is 10.3. The average Bonchev–Trinajstić information content (AvgIpc) is 2.73. The van der Waals surface area contributed by atoms with Gasteiger partial charge in [-0.1, -0.05) is 6.08 Å². The van der Waals surface area contributed by atoms with E-state index in [2.05, 4.69) is 5.32 Å². The van der Waals surface area contributed by atoms with Gasteiger partial charge in [0.25, 0.3) is 0 Å². The molecular formula is C20H33N7O6. The SMILES string of the molecule is CN1CC(=O)N(C)CC(=O)N(C)CC(=O)N(C)CC(=O)N(CC(N)=O)CC/C=C/NCC1=O. The molecule has 0 aromatic rings. The number of rotatable bonds is 2. The van der Waals surface area contributed by atoms with Gasteiger partial charge in [0.05, 0.1) is 39.3 Å².